The third kappa shape index (κ3) is 7.07. The van der Waals surface area contributed by atoms with Crippen LogP contribution in [-0.2, 0) is 6.54 Å². The highest BCUT2D eigenvalue weighted by molar-refractivity contribution is 6.31. The number of fused-ring (bicyclic) bond motifs is 1. The molecule has 2 aliphatic rings. The van der Waals surface area contributed by atoms with Gasteiger partial charge in [0.2, 0.25) is 5.95 Å². The van der Waals surface area contributed by atoms with Gasteiger partial charge in [0.1, 0.15) is 5.82 Å². The SMILES string of the molecule is Cc1cc(N2CCN(Cc3ccc(C(Nc4ccnc5cc(Cl)ccc45)c4ccc(Cl)cc4)cc3)CC2)nc(N2CCCCC2)n1. The van der Waals surface area contributed by atoms with Gasteiger partial charge in [0, 0.05) is 84.9 Å². The molecule has 0 spiro atoms. The minimum absolute atomic E-state index is 0.0673. The molecule has 1 atom stereocenters. The van der Waals surface area contributed by atoms with Gasteiger partial charge in [0.15, 0.2) is 0 Å². The van der Waals surface area contributed by atoms with Gasteiger partial charge in [0.05, 0.1) is 11.6 Å². The normalized spacial score (nSPS) is 16.5. The van der Waals surface area contributed by atoms with Gasteiger partial charge in [0.25, 0.3) is 0 Å². The van der Waals surface area contributed by atoms with Crippen LogP contribution in [-0.4, -0.2) is 59.1 Å². The number of rotatable bonds is 8. The lowest BCUT2D eigenvalue weighted by Crippen LogP contribution is -2.46. The van der Waals surface area contributed by atoms with Crippen LogP contribution in [0.5, 0.6) is 0 Å². The first-order chi connectivity index (χ1) is 22.5. The largest absolute Gasteiger partial charge is 0.374 e. The molecule has 4 heterocycles. The minimum atomic E-state index is -0.0673. The monoisotopic (exact) mass is 651 g/mol. The summed E-state index contributed by atoms with van der Waals surface area (Å²) in [6.07, 6.45) is 5.57. The molecule has 1 unspecified atom stereocenters. The molecule has 2 aliphatic heterocycles. The van der Waals surface area contributed by atoms with Crippen molar-refractivity contribution < 1.29 is 0 Å². The lowest BCUT2D eigenvalue weighted by Gasteiger charge is -2.36. The number of hydrogen-bond acceptors (Lipinski definition) is 7. The maximum Gasteiger partial charge on any atom is 0.227 e. The zero-order valence-corrected chi connectivity index (χ0v) is 27.7. The lowest BCUT2D eigenvalue weighted by molar-refractivity contribution is 0.249. The summed E-state index contributed by atoms with van der Waals surface area (Å²) < 4.78 is 0. The number of anilines is 3. The fourth-order valence-electron chi connectivity index (χ4n) is 6.56. The number of piperidine rings is 1. The second-order valence-electron chi connectivity index (χ2n) is 12.4. The summed E-state index contributed by atoms with van der Waals surface area (Å²) in [6.45, 7) is 9.04. The van der Waals surface area contributed by atoms with E-state index in [1.165, 1.54) is 30.4 Å². The van der Waals surface area contributed by atoms with Crippen molar-refractivity contribution in [2.45, 2.75) is 38.8 Å². The zero-order valence-electron chi connectivity index (χ0n) is 26.2. The van der Waals surface area contributed by atoms with E-state index in [1.54, 1.807) is 0 Å². The van der Waals surface area contributed by atoms with E-state index in [0.29, 0.717) is 5.02 Å². The van der Waals surface area contributed by atoms with E-state index < -0.39 is 0 Å². The van der Waals surface area contributed by atoms with E-state index >= 15 is 0 Å². The van der Waals surface area contributed by atoms with E-state index in [2.05, 4.69) is 74.4 Å². The summed E-state index contributed by atoms with van der Waals surface area (Å²) in [6, 6.07) is 27.0. The molecule has 0 aliphatic carbocycles. The Morgan fingerprint density at radius 2 is 1.41 bits per heavy atom. The van der Waals surface area contributed by atoms with Crippen LogP contribution in [0.3, 0.4) is 0 Å². The molecule has 0 amide bonds. The number of hydrogen-bond donors (Lipinski definition) is 1. The van der Waals surface area contributed by atoms with E-state index in [1.807, 2.05) is 42.6 Å². The lowest BCUT2D eigenvalue weighted by atomic mass is 9.97. The van der Waals surface area contributed by atoms with Crippen molar-refractivity contribution in [3.8, 4) is 0 Å². The Hall–Kier alpha value is -3.91. The maximum atomic E-state index is 6.26. The van der Waals surface area contributed by atoms with Gasteiger partial charge in [-0.1, -0.05) is 59.6 Å². The maximum absolute atomic E-state index is 6.26. The summed E-state index contributed by atoms with van der Waals surface area (Å²) in [5, 5.41) is 6.21. The first-order valence-electron chi connectivity index (χ1n) is 16.2. The molecular weight excluding hydrogens is 613 g/mol. The van der Waals surface area contributed by atoms with Crippen LogP contribution in [0.4, 0.5) is 17.5 Å². The third-order valence-electron chi connectivity index (χ3n) is 9.09. The predicted octanol–water partition coefficient (Wildman–Crippen LogP) is 8.15. The number of halogens is 2. The molecule has 5 aromatic rings. The molecule has 7 nitrogen and oxygen atoms in total. The molecule has 3 aromatic carbocycles. The average molecular weight is 653 g/mol. The molecule has 0 bridgehead atoms. The third-order valence-corrected chi connectivity index (χ3v) is 9.58. The summed E-state index contributed by atoms with van der Waals surface area (Å²) in [5.41, 5.74) is 6.53. The van der Waals surface area contributed by atoms with Crippen molar-refractivity contribution in [3.05, 3.63) is 117 Å². The highest BCUT2D eigenvalue weighted by Gasteiger charge is 2.22. The second kappa shape index (κ2) is 13.8. The van der Waals surface area contributed by atoms with Crippen molar-refractivity contribution in [3.63, 3.8) is 0 Å². The summed E-state index contributed by atoms with van der Waals surface area (Å²) in [5.74, 6) is 1.95. The molecule has 9 heteroatoms. The first-order valence-corrected chi connectivity index (χ1v) is 17.0. The van der Waals surface area contributed by atoms with E-state index in [9.17, 15) is 0 Å². The van der Waals surface area contributed by atoms with Crippen molar-refractivity contribution in [2.24, 2.45) is 0 Å². The number of aryl methyl sites for hydroxylation is 1. The highest BCUT2D eigenvalue weighted by Crippen LogP contribution is 2.32. The molecule has 2 fully saturated rings. The molecule has 2 aromatic heterocycles. The van der Waals surface area contributed by atoms with Gasteiger partial charge in [-0.3, -0.25) is 9.88 Å². The Balaban J connectivity index is 1.04. The topological polar surface area (TPSA) is 60.4 Å². The van der Waals surface area contributed by atoms with Crippen molar-refractivity contribution in [1.29, 1.82) is 0 Å². The standard InChI is InChI=1S/C37H39Cl2N7/c1-26-23-35(43-37(41-26)46-17-3-2-4-18-46)45-21-19-44(20-22-45)25-27-5-7-28(8-6-27)36(29-9-11-30(38)12-10-29)42-33-15-16-40-34-24-31(39)13-14-32(33)34/h5-16,23-24,36H,2-4,17-22,25H2,1H3,(H,40,42). The number of piperazine rings is 1. The van der Waals surface area contributed by atoms with Crippen molar-refractivity contribution >= 4 is 51.6 Å². The quantitative estimate of drug-likeness (QED) is 0.182. The molecule has 236 valence electrons. The van der Waals surface area contributed by atoms with Crippen molar-refractivity contribution in [1.82, 2.24) is 19.9 Å². The molecule has 0 radical (unpaired) electrons. The Labute approximate surface area is 281 Å². The molecule has 0 saturated carbocycles. The molecule has 1 N–H and O–H groups in total. The van der Waals surface area contributed by atoms with Crippen LogP contribution in [0.15, 0.2) is 85.1 Å². The molecule has 7 rings (SSSR count). The fraction of sp³-hybridized carbons (Fsp3) is 0.324. The van der Waals surface area contributed by atoms with E-state index in [-0.39, 0.29) is 6.04 Å². The zero-order chi connectivity index (χ0) is 31.5. The Morgan fingerprint density at radius 3 is 2.15 bits per heavy atom. The van der Waals surface area contributed by atoms with Gasteiger partial charge >= 0.3 is 0 Å². The molecular formula is C37H39Cl2N7. The van der Waals surface area contributed by atoms with Crippen LogP contribution >= 0.6 is 23.2 Å². The smallest absolute Gasteiger partial charge is 0.227 e. The van der Waals surface area contributed by atoms with Gasteiger partial charge in [-0.25, -0.2) is 4.98 Å². The van der Waals surface area contributed by atoms with Crippen LogP contribution in [0.2, 0.25) is 10.0 Å². The Bertz CT molecular complexity index is 1780. The average Bonchev–Trinajstić information content (AvgIpc) is 3.08. The first kappa shape index (κ1) is 30.7. The Morgan fingerprint density at radius 1 is 0.717 bits per heavy atom. The Kier molecular flexibility index (Phi) is 9.24. The van der Waals surface area contributed by atoms with Gasteiger partial charge in [-0.2, -0.15) is 4.98 Å². The van der Waals surface area contributed by atoms with E-state index in [4.69, 9.17) is 33.2 Å². The molecule has 2 saturated heterocycles. The van der Waals surface area contributed by atoms with Gasteiger partial charge in [-0.05, 0) is 79.3 Å². The minimum Gasteiger partial charge on any atom is -0.374 e. The number of pyridine rings is 1. The summed E-state index contributed by atoms with van der Waals surface area (Å²) in [4.78, 5) is 21.6. The number of aromatic nitrogens is 3. The number of nitrogens with one attached hydrogen (secondary N) is 1. The number of nitrogens with zero attached hydrogens (tertiary/aromatic N) is 6. The fourth-order valence-corrected chi connectivity index (χ4v) is 6.85. The summed E-state index contributed by atoms with van der Waals surface area (Å²) in [7, 11) is 0. The van der Waals surface area contributed by atoms with Gasteiger partial charge < -0.3 is 15.1 Å². The van der Waals surface area contributed by atoms with Crippen LogP contribution < -0.4 is 15.1 Å². The summed E-state index contributed by atoms with van der Waals surface area (Å²) >= 11 is 12.5. The van der Waals surface area contributed by atoms with Crippen LogP contribution in [0.25, 0.3) is 10.9 Å². The van der Waals surface area contributed by atoms with Crippen molar-refractivity contribution in [2.75, 3.05) is 54.4 Å². The second-order valence-corrected chi connectivity index (χ2v) is 13.2. The number of benzene rings is 3. The van der Waals surface area contributed by atoms with Crippen LogP contribution in [0.1, 0.15) is 47.7 Å². The predicted molar refractivity (Wildman–Crippen MR) is 190 cm³/mol. The highest BCUT2D eigenvalue weighted by atomic mass is 35.5. The van der Waals surface area contributed by atoms with E-state index in [0.717, 1.165) is 90.4 Å². The van der Waals surface area contributed by atoms with Gasteiger partial charge in [-0.15, -0.1) is 0 Å². The van der Waals surface area contributed by atoms with Crippen LogP contribution in [0, 0.1) is 6.92 Å². The molecule has 46 heavy (non-hydrogen) atoms.